The molecule has 3 atom stereocenters. The zero-order chi connectivity index (χ0) is 52.2. The molecule has 0 saturated heterocycles. The summed E-state index contributed by atoms with van der Waals surface area (Å²) < 4.78 is 30.3. The monoisotopic (exact) mass is 1020 g/mol. The van der Waals surface area contributed by atoms with Crippen molar-refractivity contribution < 1.29 is 37.3 Å². The molecular weight excluding hydrogens is 904 g/mol. The molecule has 10 heteroatoms. The Balaban J connectivity index is 5.18. The van der Waals surface area contributed by atoms with E-state index in [1.165, 1.54) is 212 Å². The number of unbranched alkanes of at least 4 members (excludes halogenated alkanes) is 38. The van der Waals surface area contributed by atoms with Gasteiger partial charge in [0.15, 0.2) is 0 Å². The second-order valence-corrected chi connectivity index (χ2v) is 23.6. The van der Waals surface area contributed by atoms with Crippen LogP contribution in [0, 0.1) is 0 Å². The highest BCUT2D eigenvalue weighted by atomic mass is 31.2. The minimum Gasteiger partial charge on any atom is -0.756 e. The summed E-state index contributed by atoms with van der Waals surface area (Å²) in [7, 11) is 1.20. The number of nitrogens with one attached hydrogen (secondary N) is 1. The van der Waals surface area contributed by atoms with Gasteiger partial charge in [0.1, 0.15) is 19.3 Å². The van der Waals surface area contributed by atoms with E-state index in [0.29, 0.717) is 17.4 Å². The van der Waals surface area contributed by atoms with Crippen LogP contribution >= 0.6 is 7.82 Å². The first kappa shape index (κ1) is 69.5. The normalized spacial score (nSPS) is 13.8. The molecule has 9 nitrogen and oxygen atoms in total. The largest absolute Gasteiger partial charge is 0.756 e. The predicted molar refractivity (Wildman–Crippen MR) is 303 cm³/mol. The second kappa shape index (κ2) is 52.0. The average molecular weight is 1020 g/mol. The molecule has 0 aromatic heterocycles. The molecule has 420 valence electrons. The van der Waals surface area contributed by atoms with Gasteiger partial charge in [-0.2, -0.15) is 0 Å². The van der Waals surface area contributed by atoms with Crippen molar-refractivity contribution in [3.05, 3.63) is 24.3 Å². The van der Waals surface area contributed by atoms with Crippen molar-refractivity contribution in [1.82, 2.24) is 5.32 Å². The zero-order valence-corrected chi connectivity index (χ0v) is 48.8. The first-order chi connectivity index (χ1) is 34.4. The first-order valence-corrected chi connectivity index (χ1v) is 32.1. The number of likely N-dealkylation sites (N-methyl/N-ethyl adjacent to an activating group) is 1. The molecule has 0 heterocycles. The predicted octanol–water partition coefficient (Wildman–Crippen LogP) is 17.9. The number of quaternary nitrogens is 1. The van der Waals surface area contributed by atoms with E-state index in [-0.39, 0.29) is 31.5 Å². The maximum Gasteiger partial charge on any atom is 0.306 e. The van der Waals surface area contributed by atoms with E-state index in [1.54, 1.807) is 0 Å². The molecule has 0 radical (unpaired) electrons. The minimum atomic E-state index is -4.69. The van der Waals surface area contributed by atoms with Gasteiger partial charge in [-0.3, -0.25) is 14.2 Å². The number of phosphoric acid groups is 1. The fourth-order valence-electron chi connectivity index (χ4n) is 9.11. The van der Waals surface area contributed by atoms with E-state index in [0.717, 1.165) is 57.8 Å². The lowest BCUT2D eigenvalue weighted by molar-refractivity contribution is -0.870. The van der Waals surface area contributed by atoms with Crippen LogP contribution in [0.2, 0.25) is 0 Å². The summed E-state index contributed by atoms with van der Waals surface area (Å²) in [6, 6.07) is -0.881. The van der Waals surface area contributed by atoms with Gasteiger partial charge in [0.2, 0.25) is 5.91 Å². The van der Waals surface area contributed by atoms with Crippen molar-refractivity contribution >= 4 is 19.7 Å². The Kier molecular flexibility index (Phi) is 50.8. The highest BCUT2D eigenvalue weighted by molar-refractivity contribution is 7.45. The Bertz CT molecular complexity index is 1270. The van der Waals surface area contributed by atoms with Crippen LogP contribution in [0.15, 0.2) is 24.3 Å². The summed E-state index contributed by atoms with van der Waals surface area (Å²) in [5.41, 5.74) is 0. The van der Waals surface area contributed by atoms with Crippen molar-refractivity contribution in [2.75, 3.05) is 40.9 Å². The summed E-state index contributed by atoms with van der Waals surface area (Å²) in [6.07, 6.45) is 60.0. The number of ether oxygens (including phenoxy) is 1. The number of phosphoric ester groups is 1. The average Bonchev–Trinajstić information content (AvgIpc) is 3.33. The van der Waals surface area contributed by atoms with Crippen LogP contribution in [0.3, 0.4) is 0 Å². The smallest absolute Gasteiger partial charge is 0.306 e. The van der Waals surface area contributed by atoms with Gasteiger partial charge in [-0.05, 0) is 57.4 Å². The van der Waals surface area contributed by atoms with Crippen molar-refractivity contribution in [1.29, 1.82) is 0 Å². The van der Waals surface area contributed by atoms with Gasteiger partial charge in [-0.25, -0.2) is 0 Å². The molecule has 0 fully saturated rings. The van der Waals surface area contributed by atoms with Crippen molar-refractivity contribution in [3.63, 3.8) is 0 Å². The Morgan fingerprint density at radius 1 is 0.479 bits per heavy atom. The van der Waals surface area contributed by atoms with Gasteiger partial charge >= 0.3 is 5.97 Å². The number of carbonyl (C=O) groups excluding carboxylic acids is 2. The van der Waals surface area contributed by atoms with Crippen molar-refractivity contribution in [3.8, 4) is 0 Å². The minimum absolute atomic E-state index is 0.0187. The van der Waals surface area contributed by atoms with Crippen LogP contribution in [0.4, 0.5) is 0 Å². The maximum absolute atomic E-state index is 13.5. The van der Waals surface area contributed by atoms with Crippen LogP contribution in [-0.4, -0.2) is 69.4 Å². The van der Waals surface area contributed by atoms with Gasteiger partial charge in [0.25, 0.3) is 7.82 Å². The van der Waals surface area contributed by atoms with E-state index in [4.69, 9.17) is 13.8 Å². The Labute approximate surface area is 441 Å². The quantitative estimate of drug-likeness (QED) is 0.0212. The number of rotatable bonds is 56. The molecule has 0 saturated carbocycles. The van der Waals surface area contributed by atoms with Crippen molar-refractivity contribution in [2.45, 2.75) is 315 Å². The molecule has 0 spiro atoms. The third-order valence-electron chi connectivity index (χ3n) is 13.9. The summed E-state index contributed by atoms with van der Waals surface area (Å²) in [5, 5.41) is 3.03. The van der Waals surface area contributed by atoms with Crippen LogP contribution in [0.25, 0.3) is 0 Å². The molecule has 0 aliphatic rings. The molecular formula is C61H119N2O7P. The van der Waals surface area contributed by atoms with Crippen molar-refractivity contribution in [2.24, 2.45) is 0 Å². The Morgan fingerprint density at radius 2 is 0.817 bits per heavy atom. The van der Waals surface area contributed by atoms with E-state index in [9.17, 15) is 19.0 Å². The number of esters is 1. The lowest BCUT2D eigenvalue weighted by atomic mass is 10.0. The molecule has 1 N–H and O–H groups in total. The topological polar surface area (TPSA) is 114 Å². The van der Waals surface area contributed by atoms with Crippen LogP contribution < -0.4 is 10.2 Å². The summed E-state index contributed by atoms with van der Waals surface area (Å²) >= 11 is 0. The molecule has 0 aromatic rings. The van der Waals surface area contributed by atoms with E-state index < -0.39 is 20.0 Å². The number of hydrogen-bond donors (Lipinski definition) is 1. The fraction of sp³-hybridized carbons (Fsp3) is 0.902. The Hall–Kier alpha value is -1.51. The molecule has 3 unspecified atom stereocenters. The van der Waals surface area contributed by atoms with Crippen LogP contribution in [0.5, 0.6) is 0 Å². The lowest BCUT2D eigenvalue weighted by Gasteiger charge is -2.30. The maximum atomic E-state index is 13.5. The second-order valence-electron chi connectivity index (χ2n) is 22.2. The summed E-state index contributed by atoms with van der Waals surface area (Å²) in [5.74, 6) is -0.528. The summed E-state index contributed by atoms with van der Waals surface area (Å²) in [4.78, 5) is 39.9. The molecule has 1 amide bonds. The highest BCUT2D eigenvalue weighted by Gasteiger charge is 2.27. The van der Waals surface area contributed by atoms with Crippen LogP contribution in [0.1, 0.15) is 303 Å². The molecule has 0 aromatic carbocycles. The van der Waals surface area contributed by atoms with Crippen LogP contribution in [-0.2, 0) is 27.9 Å². The Morgan fingerprint density at radius 3 is 1.20 bits per heavy atom. The van der Waals surface area contributed by atoms with E-state index in [2.05, 4.69) is 38.2 Å². The third kappa shape index (κ3) is 53.1. The lowest BCUT2D eigenvalue weighted by Crippen LogP contribution is -2.47. The number of amides is 1. The van der Waals surface area contributed by atoms with Gasteiger partial charge in [-0.15, -0.1) is 0 Å². The number of allylic oxidation sites excluding steroid dienone is 3. The molecule has 0 bridgehead atoms. The number of carbonyl (C=O) groups is 2. The molecule has 0 aliphatic heterocycles. The molecule has 0 rings (SSSR count). The highest BCUT2D eigenvalue weighted by Crippen LogP contribution is 2.38. The molecule has 0 aliphatic carbocycles. The zero-order valence-electron chi connectivity index (χ0n) is 48.0. The number of nitrogens with zero attached hydrogens (tertiary/aromatic N) is 1. The molecule has 71 heavy (non-hydrogen) atoms. The SMILES string of the molecule is CCCCCCCC/C=C/CCCCCCCCCCCCCC(=O)OC(/C=C\CCCCCCCCCCCCC)C(COP(=O)([O-])OCC[N+](C)(C)C)NC(=O)CCCCCCCCCCCCC. The fourth-order valence-corrected chi connectivity index (χ4v) is 9.83. The van der Waals surface area contributed by atoms with E-state index >= 15 is 0 Å². The van der Waals surface area contributed by atoms with Gasteiger partial charge < -0.3 is 28.5 Å². The first-order valence-electron chi connectivity index (χ1n) is 30.6. The van der Waals surface area contributed by atoms with Gasteiger partial charge in [0, 0.05) is 12.8 Å². The van der Waals surface area contributed by atoms with Gasteiger partial charge in [0.05, 0.1) is 33.8 Å². The number of hydrogen-bond acceptors (Lipinski definition) is 7. The van der Waals surface area contributed by atoms with Gasteiger partial charge in [-0.1, -0.05) is 257 Å². The summed E-state index contributed by atoms with van der Waals surface area (Å²) in [6.45, 7) is 6.86. The van der Waals surface area contributed by atoms with E-state index in [1.807, 2.05) is 33.3 Å². The third-order valence-corrected chi connectivity index (χ3v) is 14.8. The standard InChI is InChI=1S/C61H119N2O7P/c1-7-10-13-16-19-22-25-27-28-29-30-31-32-33-34-36-39-42-45-48-51-54-61(65)70-59(52-49-46-43-40-38-35-26-23-20-17-14-11-8-2)58(57-69-71(66,67)68-56-55-63(4,5)6)62-60(64)53-50-47-44-41-37-24-21-18-15-12-9-3/h27-28,49,52,58-59H,7-26,29-48,50-51,53-57H2,1-6H3,(H-,62,64,66,67)/b28-27+,52-49-.